The van der Waals surface area contributed by atoms with Gasteiger partial charge in [0.15, 0.2) is 6.61 Å². The third kappa shape index (κ3) is 4.72. The molecule has 3 rings (SSSR count). The minimum Gasteiger partial charge on any atom is -0.484 e. The Labute approximate surface area is 152 Å². The lowest BCUT2D eigenvalue weighted by Gasteiger charge is -2.19. The molecule has 0 aromatic heterocycles. The maximum Gasteiger partial charge on any atom is 0.255 e. The van der Waals surface area contributed by atoms with Crippen LogP contribution in [-0.2, 0) is 22.4 Å². The van der Waals surface area contributed by atoms with Gasteiger partial charge in [0.25, 0.3) is 5.91 Å². The van der Waals surface area contributed by atoms with E-state index in [0.29, 0.717) is 5.75 Å². The van der Waals surface area contributed by atoms with Gasteiger partial charge in [-0.05, 0) is 66.6 Å². The number of rotatable bonds is 6. The first-order valence-electron chi connectivity index (χ1n) is 8.73. The molecule has 0 unspecified atom stereocenters. The summed E-state index contributed by atoms with van der Waals surface area (Å²) in [7, 11) is 0. The molecule has 5 nitrogen and oxygen atoms in total. The molecule has 0 saturated heterocycles. The largest absolute Gasteiger partial charge is 0.484 e. The van der Waals surface area contributed by atoms with Crippen LogP contribution in [0.3, 0.4) is 0 Å². The molecule has 134 valence electrons. The van der Waals surface area contributed by atoms with Crippen LogP contribution in [0.2, 0.25) is 0 Å². The summed E-state index contributed by atoms with van der Waals surface area (Å²) in [5.74, 6) is -0.118. The third-order valence-electron chi connectivity index (χ3n) is 4.34. The molecule has 2 aromatic carbocycles. The van der Waals surface area contributed by atoms with Crippen LogP contribution in [0.25, 0.3) is 6.08 Å². The Hall–Kier alpha value is -3.08. The molecule has 2 amide bonds. The maximum atomic E-state index is 12.2. The van der Waals surface area contributed by atoms with Crippen LogP contribution >= 0.6 is 0 Å². The number of nitrogens with two attached hydrogens (primary N) is 1. The van der Waals surface area contributed by atoms with Crippen molar-refractivity contribution in [2.45, 2.75) is 25.7 Å². The lowest BCUT2D eigenvalue weighted by atomic mass is 9.90. The predicted octanol–water partition coefficient (Wildman–Crippen LogP) is 3.08. The van der Waals surface area contributed by atoms with Crippen molar-refractivity contribution in [2.75, 3.05) is 11.9 Å². The molecular formula is C21H22N2O3. The smallest absolute Gasteiger partial charge is 0.255 e. The highest BCUT2D eigenvalue weighted by atomic mass is 16.5. The van der Waals surface area contributed by atoms with Gasteiger partial charge in [-0.2, -0.15) is 0 Å². The first kappa shape index (κ1) is 17.7. The first-order valence-corrected chi connectivity index (χ1v) is 8.73. The van der Waals surface area contributed by atoms with Gasteiger partial charge in [-0.1, -0.05) is 24.3 Å². The van der Waals surface area contributed by atoms with Crippen molar-refractivity contribution in [3.63, 3.8) is 0 Å². The van der Waals surface area contributed by atoms with Crippen LogP contribution in [0.1, 0.15) is 29.5 Å². The average molecular weight is 350 g/mol. The number of hydrogen-bond donors (Lipinski definition) is 2. The van der Waals surface area contributed by atoms with E-state index in [-0.39, 0.29) is 12.5 Å². The van der Waals surface area contributed by atoms with E-state index in [9.17, 15) is 9.59 Å². The Morgan fingerprint density at radius 1 is 1.08 bits per heavy atom. The van der Waals surface area contributed by atoms with Crippen LogP contribution in [0.4, 0.5) is 5.69 Å². The molecule has 0 radical (unpaired) electrons. The van der Waals surface area contributed by atoms with E-state index in [1.165, 1.54) is 30.0 Å². The first-order chi connectivity index (χ1) is 12.6. The van der Waals surface area contributed by atoms with E-state index in [2.05, 4.69) is 11.4 Å². The number of primary amides is 1. The number of amides is 2. The Morgan fingerprint density at radius 2 is 1.85 bits per heavy atom. The normalized spacial score (nSPS) is 13.2. The van der Waals surface area contributed by atoms with Crippen molar-refractivity contribution in [2.24, 2.45) is 5.73 Å². The summed E-state index contributed by atoms with van der Waals surface area (Å²) < 4.78 is 5.20. The molecule has 1 aliphatic rings. The summed E-state index contributed by atoms with van der Waals surface area (Å²) in [6, 6.07) is 13.2. The van der Waals surface area contributed by atoms with E-state index in [1.807, 2.05) is 24.3 Å². The number of anilines is 1. The zero-order chi connectivity index (χ0) is 18.4. The summed E-state index contributed by atoms with van der Waals surface area (Å²) in [6.07, 6.45) is 7.73. The van der Waals surface area contributed by atoms with Crippen molar-refractivity contribution in [1.82, 2.24) is 0 Å². The maximum absolute atomic E-state index is 12.2. The quantitative estimate of drug-likeness (QED) is 0.786. The van der Waals surface area contributed by atoms with E-state index in [4.69, 9.17) is 10.5 Å². The molecule has 0 aliphatic heterocycles. The standard InChI is InChI=1S/C21H22N2O3/c22-20(24)14-26-17-11-8-15(9-12-17)10-13-21(25)23-19-7-3-5-16-4-1-2-6-18(16)19/h3,5,7-13H,1-2,4,6,14H2,(H2,22,24)(H,23,25). The second kappa shape index (κ2) is 8.34. The number of carbonyl (C=O) groups excluding carboxylic acids is 2. The van der Waals surface area contributed by atoms with Crippen LogP contribution in [0.5, 0.6) is 5.75 Å². The molecular weight excluding hydrogens is 328 g/mol. The minimum absolute atomic E-state index is 0.154. The molecule has 26 heavy (non-hydrogen) atoms. The van der Waals surface area contributed by atoms with Crippen molar-refractivity contribution >= 4 is 23.6 Å². The number of ether oxygens (including phenoxy) is 1. The van der Waals surface area contributed by atoms with Gasteiger partial charge >= 0.3 is 0 Å². The molecule has 1 aliphatic carbocycles. The van der Waals surface area contributed by atoms with Gasteiger partial charge in [0, 0.05) is 11.8 Å². The third-order valence-corrected chi connectivity index (χ3v) is 4.34. The SMILES string of the molecule is NC(=O)COc1ccc(C=CC(=O)Nc2cccc3c2CCCC3)cc1. The molecule has 3 N–H and O–H groups in total. The lowest BCUT2D eigenvalue weighted by molar-refractivity contribution is -0.120. The molecule has 0 saturated carbocycles. The molecule has 5 heteroatoms. The summed E-state index contributed by atoms with van der Waals surface area (Å²) in [5.41, 5.74) is 9.41. The molecule has 0 bridgehead atoms. The number of fused-ring (bicyclic) bond motifs is 1. The molecule has 0 spiro atoms. The minimum atomic E-state index is -0.520. The molecule has 0 fully saturated rings. The predicted molar refractivity (Wildman–Crippen MR) is 102 cm³/mol. The Bertz CT molecular complexity index is 826. The van der Waals surface area contributed by atoms with Gasteiger partial charge in [0.1, 0.15) is 5.75 Å². The summed E-state index contributed by atoms with van der Waals surface area (Å²) in [4.78, 5) is 22.9. The van der Waals surface area contributed by atoms with E-state index in [1.54, 1.807) is 18.2 Å². The van der Waals surface area contributed by atoms with Crippen LogP contribution < -0.4 is 15.8 Å². The molecule has 2 aromatic rings. The molecule has 0 atom stereocenters. The Kier molecular flexibility index (Phi) is 5.69. The summed E-state index contributed by atoms with van der Waals surface area (Å²) in [6.45, 7) is -0.154. The lowest BCUT2D eigenvalue weighted by Crippen LogP contribution is -2.19. The fourth-order valence-corrected chi connectivity index (χ4v) is 3.07. The van der Waals surface area contributed by atoms with Crippen molar-refractivity contribution in [1.29, 1.82) is 0 Å². The number of nitrogens with one attached hydrogen (secondary N) is 1. The van der Waals surface area contributed by atoms with E-state index >= 15 is 0 Å². The Balaban J connectivity index is 1.60. The number of hydrogen-bond acceptors (Lipinski definition) is 3. The van der Waals surface area contributed by atoms with E-state index < -0.39 is 5.91 Å². The fourth-order valence-electron chi connectivity index (χ4n) is 3.07. The van der Waals surface area contributed by atoms with Gasteiger partial charge < -0.3 is 15.8 Å². The molecule has 0 heterocycles. The van der Waals surface area contributed by atoms with Crippen LogP contribution in [-0.4, -0.2) is 18.4 Å². The second-order valence-electron chi connectivity index (χ2n) is 6.30. The van der Waals surface area contributed by atoms with Crippen molar-refractivity contribution in [3.8, 4) is 5.75 Å². The van der Waals surface area contributed by atoms with Gasteiger partial charge in [0.05, 0.1) is 0 Å². The van der Waals surface area contributed by atoms with Crippen LogP contribution in [0.15, 0.2) is 48.5 Å². The highest BCUT2D eigenvalue weighted by molar-refractivity contribution is 6.02. The summed E-state index contributed by atoms with van der Waals surface area (Å²) in [5, 5.41) is 2.98. The van der Waals surface area contributed by atoms with Gasteiger partial charge in [0.2, 0.25) is 5.91 Å². The number of benzene rings is 2. The zero-order valence-electron chi connectivity index (χ0n) is 14.5. The van der Waals surface area contributed by atoms with Gasteiger partial charge in [-0.3, -0.25) is 9.59 Å². The van der Waals surface area contributed by atoms with E-state index in [0.717, 1.165) is 24.1 Å². The highest BCUT2D eigenvalue weighted by Crippen LogP contribution is 2.27. The zero-order valence-corrected chi connectivity index (χ0v) is 14.5. The summed E-state index contributed by atoms with van der Waals surface area (Å²) >= 11 is 0. The van der Waals surface area contributed by atoms with Crippen LogP contribution in [0, 0.1) is 0 Å². The average Bonchev–Trinajstić information content (AvgIpc) is 2.66. The van der Waals surface area contributed by atoms with Gasteiger partial charge in [-0.25, -0.2) is 0 Å². The number of carbonyl (C=O) groups is 2. The topological polar surface area (TPSA) is 81.4 Å². The fraction of sp³-hybridized carbons (Fsp3) is 0.238. The Morgan fingerprint density at radius 3 is 2.62 bits per heavy atom. The van der Waals surface area contributed by atoms with Gasteiger partial charge in [-0.15, -0.1) is 0 Å². The second-order valence-corrected chi connectivity index (χ2v) is 6.30. The monoisotopic (exact) mass is 350 g/mol. The van der Waals surface area contributed by atoms with Crippen molar-refractivity contribution in [3.05, 3.63) is 65.2 Å². The highest BCUT2D eigenvalue weighted by Gasteiger charge is 2.13. The van der Waals surface area contributed by atoms with Crippen molar-refractivity contribution < 1.29 is 14.3 Å². The number of aryl methyl sites for hydroxylation is 1.